The summed E-state index contributed by atoms with van der Waals surface area (Å²) in [5.74, 6) is -5.57. The zero-order valence-electron chi connectivity index (χ0n) is 23.2. The van der Waals surface area contributed by atoms with E-state index in [1.807, 2.05) is 49.4 Å². The van der Waals surface area contributed by atoms with Gasteiger partial charge in [0.1, 0.15) is 11.3 Å². The van der Waals surface area contributed by atoms with Gasteiger partial charge >= 0.3 is 23.9 Å². The summed E-state index contributed by atoms with van der Waals surface area (Å²) in [5, 5.41) is 45.1. The predicted octanol–water partition coefficient (Wildman–Crippen LogP) is 1.08. The fraction of sp³-hybridized carbons (Fsp3) is 0.250. The Bertz CT molecular complexity index is 1620. The lowest BCUT2D eigenvalue weighted by atomic mass is 9.96. The molecule has 15 heteroatoms. The van der Waals surface area contributed by atoms with Gasteiger partial charge in [0.2, 0.25) is 0 Å². The van der Waals surface area contributed by atoms with Crippen LogP contribution in [0, 0.1) is 6.92 Å². The van der Waals surface area contributed by atoms with Crippen LogP contribution in [-0.4, -0.2) is 89.0 Å². The number of nitrogens with one attached hydrogen (secondary N) is 1. The van der Waals surface area contributed by atoms with E-state index in [-0.39, 0.29) is 12.2 Å². The molecule has 1 amide bonds. The molecule has 0 aliphatic rings. The Balaban J connectivity index is 0.000000287. The Morgan fingerprint density at radius 1 is 0.860 bits per heavy atom. The molecule has 0 saturated heterocycles. The number of aliphatic hydroxyl groups is 1. The first kappa shape index (κ1) is 33.8. The molecule has 0 unspecified atom stereocenters. The van der Waals surface area contributed by atoms with Crippen LogP contribution in [0.1, 0.15) is 34.7 Å². The van der Waals surface area contributed by atoms with E-state index < -0.39 is 48.2 Å². The Morgan fingerprint density at radius 3 is 1.88 bits per heavy atom. The second-order valence-electron chi connectivity index (χ2n) is 9.17. The van der Waals surface area contributed by atoms with Crippen molar-refractivity contribution in [3.05, 3.63) is 71.7 Å². The molecule has 15 nitrogen and oxygen atoms in total. The van der Waals surface area contributed by atoms with Crippen molar-refractivity contribution < 1.29 is 49.5 Å². The van der Waals surface area contributed by atoms with E-state index in [1.165, 1.54) is 5.56 Å². The van der Waals surface area contributed by atoms with Crippen LogP contribution < -0.4 is 11.1 Å². The number of hydrogen-bond donors (Lipinski definition) is 7. The highest BCUT2D eigenvalue weighted by atomic mass is 16.4. The number of aryl methyl sites for hydroxylation is 1. The van der Waals surface area contributed by atoms with Gasteiger partial charge in [0.25, 0.3) is 5.91 Å². The van der Waals surface area contributed by atoms with E-state index >= 15 is 0 Å². The van der Waals surface area contributed by atoms with Crippen molar-refractivity contribution in [2.24, 2.45) is 5.73 Å². The van der Waals surface area contributed by atoms with Crippen molar-refractivity contribution in [1.82, 2.24) is 19.9 Å². The van der Waals surface area contributed by atoms with Crippen molar-refractivity contribution >= 4 is 51.7 Å². The van der Waals surface area contributed by atoms with Gasteiger partial charge in [0.15, 0.2) is 11.3 Å². The lowest BCUT2D eigenvalue weighted by molar-refractivity contribution is -0.170. The number of rotatable bonds is 10. The molecule has 4 rings (SSSR count). The molecule has 0 bridgehead atoms. The number of benzene rings is 2. The molecular formula is C28H31N5O10. The molecule has 2 heterocycles. The number of fused-ring (bicyclic) bond motifs is 3. The number of hydrogen-bond acceptors (Lipinski definition) is 9. The number of carbonyl (C=O) groups excluding carboxylic acids is 1. The second-order valence-corrected chi connectivity index (χ2v) is 9.17. The number of nitrogens with two attached hydrogens (primary N) is 1. The standard InChI is InChI=1S/C19H16N4O.C6H8O7.C3H7NO2/c1-12-21-16-17(19(20)24)22-15-10-6-5-9-14(15)18(16)23(12)11-13-7-3-2-4-8-13;7-3(8)1-6(13,5(11)12)2-4(9)10;1-4-2-3(5)6/h2-10H,11H2,1H3,(H2,20,24);13H,1-2H2,(H,7,8)(H,9,10)(H,11,12);4H,2H2,1H3,(H,5,6). The SMILES string of the molecule is CNCC(=O)O.Cc1nc2c(C(N)=O)nc3ccccc3c2n1Cc1ccccc1.O=C(O)CC(O)(CC(=O)O)C(=O)O. The molecule has 0 spiro atoms. The van der Waals surface area contributed by atoms with Gasteiger partial charge in [-0.15, -0.1) is 0 Å². The molecule has 0 saturated carbocycles. The van der Waals surface area contributed by atoms with Crippen LogP contribution in [0.3, 0.4) is 0 Å². The van der Waals surface area contributed by atoms with E-state index in [1.54, 1.807) is 7.05 Å². The van der Waals surface area contributed by atoms with E-state index in [0.29, 0.717) is 12.1 Å². The zero-order chi connectivity index (χ0) is 32.3. The van der Waals surface area contributed by atoms with E-state index in [0.717, 1.165) is 22.2 Å². The number of para-hydroxylation sites is 1. The summed E-state index contributed by atoms with van der Waals surface area (Å²) in [6.07, 6.45) is -2.29. The zero-order valence-corrected chi connectivity index (χ0v) is 23.2. The average molecular weight is 598 g/mol. The maximum atomic E-state index is 11.8. The monoisotopic (exact) mass is 597 g/mol. The van der Waals surface area contributed by atoms with Gasteiger partial charge in [0, 0.05) is 11.9 Å². The van der Waals surface area contributed by atoms with Gasteiger partial charge in [-0.2, -0.15) is 0 Å². The lowest BCUT2D eigenvalue weighted by Gasteiger charge is -2.18. The second kappa shape index (κ2) is 15.0. The van der Waals surface area contributed by atoms with Crippen molar-refractivity contribution in [3.63, 3.8) is 0 Å². The number of imidazole rings is 1. The van der Waals surface area contributed by atoms with Crippen LogP contribution in [0.2, 0.25) is 0 Å². The van der Waals surface area contributed by atoms with Gasteiger partial charge in [-0.25, -0.2) is 14.8 Å². The van der Waals surface area contributed by atoms with Crippen LogP contribution in [-0.2, 0) is 25.7 Å². The summed E-state index contributed by atoms with van der Waals surface area (Å²) in [4.78, 5) is 60.9. The smallest absolute Gasteiger partial charge is 0.336 e. The first-order chi connectivity index (χ1) is 20.2. The van der Waals surface area contributed by atoms with Crippen molar-refractivity contribution in [2.75, 3.05) is 13.6 Å². The summed E-state index contributed by atoms with van der Waals surface area (Å²) in [6.45, 7) is 2.65. The summed E-state index contributed by atoms with van der Waals surface area (Å²) in [7, 11) is 1.59. The molecule has 0 aliphatic carbocycles. The van der Waals surface area contributed by atoms with Crippen LogP contribution in [0.25, 0.3) is 21.9 Å². The van der Waals surface area contributed by atoms with Gasteiger partial charge in [0.05, 0.1) is 30.4 Å². The fourth-order valence-electron chi connectivity index (χ4n) is 3.94. The number of nitrogens with zero attached hydrogens (tertiary/aromatic N) is 3. The Hall–Kier alpha value is -5.41. The van der Waals surface area contributed by atoms with Crippen molar-refractivity contribution in [3.8, 4) is 0 Å². The van der Waals surface area contributed by atoms with Crippen LogP contribution in [0.4, 0.5) is 0 Å². The number of amides is 1. The third kappa shape index (κ3) is 9.31. The third-order valence-corrected chi connectivity index (χ3v) is 5.80. The summed E-state index contributed by atoms with van der Waals surface area (Å²) in [5.41, 5.74) is 6.39. The summed E-state index contributed by atoms with van der Waals surface area (Å²) < 4.78 is 2.11. The number of likely N-dealkylation sites (N-methyl/N-ethyl adjacent to an activating group) is 1. The molecule has 0 fully saturated rings. The largest absolute Gasteiger partial charge is 0.481 e. The molecule has 8 N–H and O–H groups in total. The quantitative estimate of drug-likeness (QED) is 0.135. The summed E-state index contributed by atoms with van der Waals surface area (Å²) >= 11 is 0. The van der Waals surface area contributed by atoms with Crippen LogP contribution >= 0.6 is 0 Å². The number of pyridine rings is 1. The molecule has 228 valence electrons. The highest BCUT2D eigenvalue weighted by molar-refractivity contribution is 6.11. The van der Waals surface area contributed by atoms with Crippen molar-refractivity contribution in [1.29, 1.82) is 0 Å². The first-order valence-electron chi connectivity index (χ1n) is 12.5. The minimum absolute atomic E-state index is 0.0417. The number of primary amides is 1. The molecule has 0 aliphatic heterocycles. The van der Waals surface area contributed by atoms with E-state index in [4.69, 9.17) is 31.3 Å². The van der Waals surface area contributed by atoms with Gasteiger partial charge in [-0.05, 0) is 25.6 Å². The Morgan fingerprint density at radius 2 is 1.42 bits per heavy atom. The molecule has 43 heavy (non-hydrogen) atoms. The minimum Gasteiger partial charge on any atom is -0.481 e. The molecule has 0 atom stereocenters. The molecule has 2 aromatic heterocycles. The van der Waals surface area contributed by atoms with Crippen LogP contribution in [0.5, 0.6) is 0 Å². The highest BCUT2D eigenvalue weighted by Gasteiger charge is 2.40. The van der Waals surface area contributed by atoms with Crippen molar-refractivity contribution in [2.45, 2.75) is 31.9 Å². The predicted molar refractivity (Wildman–Crippen MR) is 152 cm³/mol. The number of carboxylic acids is 4. The highest BCUT2D eigenvalue weighted by Crippen LogP contribution is 2.28. The average Bonchev–Trinajstić information content (AvgIpc) is 3.24. The van der Waals surface area contributed by atoms with Crippen LogP contribution in [0.15, 0.2) is 54.6 Å². The number of carbonyl (C=O) groups is 5. The fourth-order valence-corrected chi connectivity index (χ4v) is 3.94. The number of aliphatic carboxylic acids is 4. The Kier molecular flexibility index (Phi) is 11.8. The topological polar surface area (TPSA) is 255 Å². The molecule has 2 aromatic carbocycles. The minimum atomic E-state index is -2.74. The Labute approximate surface area is 244 Å². The number of carboxylic acid groups (broad SMARTS) is 4. The van der Waals surface area contributed by atoms with Gasteiger partial charge < -0.3 is 41.2 Å². The normalized spacial score (nSPS) is 10.7. The molecule has 0 radical (unpaired) electrons. The maximum Gasteiger partial charge on any atom is 0.336 e. The molecule has 4 aromatic rings. The maximum absolute atomic E-state index is 11.8. The third-order valence-electron chi connectivity index (χ3n) is 5.80. The first-order valence-corrected chi connectivity index (χ1v) is 12.5. The number of aromatic nitrogens is 3. The lowest BCUT2D eigenvalue weighted by Crippen LogP contribution is -2.42. The van der Waals surface area contributed by atoms with E-state index in [2.05, 4.69) is 32.0 Å². The van der Waals surface area contributed by atoms with E-state index in [9.17, 15) is 24.0 Å². The van der Waals surface area contributed by atoms with Gasteiger partial charge in [-0.1, -0.05) is 48.5 Å². The van der Waals surface area contributed by atoms with Gasteiger partial charge in [-0.3, -0.25) is 19.2 Å². The summed E-state index contributed by atoms with van der Waals surface area (Å²) in [6, 6.07) is 17.9. The molecular weight excluding hydrogens is 566 g/mol.